The largest absolute Gasteiger partial charge is 0.485 e. The average Bonchev–Trinajstić information content (AvgIpc) is 3.29. The van der Waals surface area contributed by atoms with E-state index in [1.165, 1.54) is 0 Å². The average molecular weight is 1090 g/mol. The number of unbranched alkanes of at least 4 members (excludes halogenated alkanes) is 4. The molecule has 0 radical (unpaired) electrons. The standard InChI is InChI=1S/C66H102O10S/c1-20-21-22-23-24-25-45(55-46(59(2,3)4)32-42(26-29-52(70)71)33-47(55)60(5,6)7)66(58(77)76-41-65(38-67,39-68)40-69,56-48(61(8,9)10)34-43(27-30-53(72)73)35-49(56)62(11,12)13)57-50(63(14,15)16)36-44(28-31-54(74)75)37-51(57)64(17,18)19/h32-37,45,67-69H,20-31,38-41H2,1-19H3,(H,70,71)(H,72,73)(H,74,75). The lowest BCUT2D eigenvalue weighted by Crippen LogP contribution is -2.51. The van der Waals surface area contributed by atoms with Crippen LogP contribution in [0.5, 0.6) is 0 Å². The number of hydrogen-bond donors (Lipinski definition) is 6. The Morgan fingerprint density at radius 3 is 1.01 bits per heavy atom. The number of hydrogen-bond acceptors (Lipinski definition) is 8. The van der Waals surface area contributed by atoms with Gasteiger partial charge in [0.1, 0.15) is 6.61 Å². The number of aliphatic hydroxyl groups excluding tert-OH is 3. The number of ether oxygens (including phenoxy) is 1. The highest BCUT2D eigenvalue weighted by Crippen LogP contribution is 2.60. The summed E-state index contributed by atoms with van der Waals surface area (Å²) in [7, 11) is 0. The van der Waals surface area contributed by atoms with Gasteiger partial charge in [0.2, 0.25) is 0 Å². The zero-order valence-corrected chi connectivity index (χ0v) is 51.9. The van der Waals surface area contributed by atoms with Crippen molar-refractivity contribution in [3.8, 4) is 0 Å². The van der Waals surface area contributed by atoms with Crippen molar-refractivity contribution in [2.24, 2.45) is 5.41 Å². The minimum absolute atomic E-state index is 0.0478. The summed E-state index contributed by atoms with van der Waals surface area (Å²) in [5.74, 6) is -3.24. The molecular formula is C66H102O10S. The predicted molar refractivity (Wildman–Crippen MR) is 319 cm³/mol. The fraction of sp³-hybridized carbons (Fsp3) is 0.667. The van der Waals surface area contributed by atoms with Crippen LogP contribution in [0, 0.1) is 5.41 Å². The van der Waals surface area contributed by atoms with E-state index in [1.807, 2.05) is 0 Å². The molecule has 0 amide bonds. The van der Waals surface area contributed by atoms with Gasteiger partial charge in [-0.15, -0.1) is 0 Å². The summed E-state index contributed by atoms with van der Waals surface area (Å²) in [5, 5.41) is 63.8. The third-order valence-corrected chi connectivity index (χ3v) is 15.9. The number of rotatable bonds is 25. The molecule has 0 saturated carbocycles. The number of thiocarbonyl (C=S) groups is 1. The van der Waals surface area contributed by atoms with Gasteiger partial charge in [-0.1, -0.05) is 200 Å². The molecule has 0 bridgehead atoms. The number of aliphatic carboxylic acids is 3. The number of benzene rings is 3. The number of aryl methyl sites for hydroxylation is 3. The van der Waals surface area contributed by atoms with E-state index in [1.54, 1.807) is 0 Å². The fourth-order valence-corrected chi connectivity index (χ4v) is 11.5. The summed E-state index contributed by atoms with van der Waals surface area (Å²) in [4.78, 5) is 37.2. The molecule has 432 valence electrons. The first kappa shape index (κ1) is 67.1. The minimum atomic E-state index is -1.49. The van der Waals surface area contributed by atoms with Crippen LogP contribution in [-0.4, -0.2) is 80.0 Å². The van der Waals surface area contributed by atoms with E-state index in [4.69, 9.17) is 17.0 Å². The van der Waals surface area contributed by atoms with E-state index < -0.39 is 87.0 Å². The zero-order chi connectivity index (χ0) is 59.1. The van der Waals surface area contributed by atoms with Crippen LogP contribution in [0.1, 0.15) is 262 Å². The summed E-state index contributed by atoms with van der Waals surface area (Å²) < 4.78 is 7.36. The van der Waals surface area contributed by atoms with E-state index in [2.05, 4.69) is 168 Å². The van der Waals surface area contributed by atoms with E-state index in [9.17, 15) is 45.0 Å². The second kappa shape index (κ2) is 26.0. The van der Waals surface area contributed by atoms with Crippen LogP contribution in [0.15, 0.2) is 36.4 Å². The Hall–Kier alpha value is -4.16. The quantitative estimate of drug-likeness (QED) is 0.0351. The molecule has 0 saturated heterocycles. The lowest BCUT2D eigenvalue weighted by Gasteiger charge is -2.52. The molecule has 0 aliphatic carbocycles. The van der Waals surface area contributed by atoms with Gasteiger partial charge < -0.3 is 35.4 Å². The van der Waals surface area contributed by atoms with Crippen LogP contribution in [0.4, 0.5) is 0 Å². The third kappa shape index (κ3) is 16.7. The maximum atomic E-state index is 12.4. The molecule has 3 aromatic carbocycles. The van der Waals surface area contributed by atoms with Gasteiger partial charge in [0.25, 0.3) is 0 Å². The van der Waals surface area contributed by atoms with Gasteiger partial charge in [0.15, 0.2) is 5.05 Å². The van der Waals surface area contributed by atoms with Crippen LogP contribution in [0.25, 0.3) is 0 Å². The lowest BCUT2D eigenvalue weighted by molar-refractivity contribution is -0.138. The van der Waals surface area contributed by atoms with E-state index in [0.29, 0.717) is 12.8 Å². The van der Waals surface area contributed by atoms with Gasteiger partial charge in [0.05, 0.1) is 30.7 Å². The fourth-order valence-electron chi connectivity index (χ4n) is 11.1. The molecule has 0 aliphatic heterocycles. The topological polar surface area (TPSA) is 182 Å². The SMILES string of the molecule is CCCCCCCC(c1c(C(C)(C)C)cc(CCC(=O)O)cc1C(C)(C)C)C(C(=S)OCC(CO)(CO)CO)(c1c(C(C)(C)C)cc(CCC(=O)O)cc1C(C)(C)C)c1c(C(C)(C)C)cc(CCC(=O)O)cc1C(C)(C)C. The first-order valence-electron chi connectivity index (χ1n) is 28.4. The molecule has 0 spiro atoms. The summed E-state index contributed by atoms with van der Waals surface area (Å²) in [6.45, 7) is 39.6. The molecule has 1 atom stereocenters. The Morgan fingerprint density at radius 2 is 0.753 bits per heavy atom. The molecule has 10 nitrogen and oxygen atoms in total. The highest BCUT2D eigenvalue weighted by molar-refractivity contribution is 7.80. The third-order valence-electron chi connectivity index (χ3n) is 15.5. The van der Waals surface area contributed by atoms with Gasteiger partial charge in [-0.25, -0.2) is 0 Å². The second-order valence-electron chi connectivity index (χ2n) is 28.5. The summed E-state index contributed by atoms with van der Waals surface area (Å²) in [6.07, 6.45) is 6.09. The van der Waals surface area contributed by atoms with Gasteiger partial charge >= 0.3 is 17.9 Å². The lowest BCUT2D eigenvalue weighted by atomic mass is 9.52. The van der Waals surface area contributed by atoms with Crippen molar-refractivity contribution in [1.29, 1.82) is 0 Å². The monoisotopic (exact) mass is 1090 g/mol. The Labute approximate surface area is 470 Å². The number of carboxylic acid groups (broad SMARTS) is 3. The minimum Gasteiger partial charge on any atom is -0.485 e. The summed E-state index contributed by atoms with van der Waals surface area (Å²) in [6, 6.07) is 13.2. The van der Waals surface area contributed by atoms with Crippen molar-refractivity contribution >= 4 is 35.2 Å². The van der Waals surface area contributed by atoms with Crippen LogP contribution < -0.4 is 0 Å². The smallest absolute Gasteiger partial charge is 0.303 e. The van der Waals surface area contributed by atoms with Gasteiger partial charge in [0, 0.05) is 25.2 Å². The number of carboxylic acids is 3. The zero-order valence-electron chi connectivity index (χ0n) is 51.1. The highest BCUT2D eigenvalue weighted by Gasteiger charge is 2.57. The maximum absolute atomic E-state index is 12.4. The molecule has 0 aliphatic rings. The Bertz CT molecular complexity index is 2310. The van der Waals surface area contributed by atoms with E-state index >= 15 is 0 Å². The van der Waals surface area contributed by atoms with Crippen molar-refractivity contribution in [1.82, 2.24) is 0 Å². The van der Waals surface area contributed by atoms with E-state index in [-0.39, 0.29) is 43.8 Å². The molecule has 0 heterocycles. The van der Waals surface area contributed by atoms with Crippen molar-refractivity contribution in [2.75, 3.05) is 26.4 Å². The molecule has 0 aromatic heterocycles. The summed E-state index contributed by atoms with van der Waals surface area (Å²) in [5.41, 5.74) is 4.94. The second-order valence-corrected chi connectivity index (χ2v) is 28.9. The van der Waals surface area contributed by atoms with Gasteiger partial charge in [-0.3, -0.25) is 14.4 Å². The maximum Gasteiger partial charge on any atom is 0.303 e. The molecule has 0 fully saturated rings. The molecule has 3 rings (SSSR count). The molecule has 77 heavy (non-hydrogen) atoms. The first-order valence-corrected chi connectivity index (χ1v) is 28.8. The molecular weight excluding hydrogens is 985 g/mol. The molecule has 1 unspecified atom stereocenters. The predicted octanol–water partition coefficient (Wildman–Crippen LogP) is 14.3. The van der Waals surface area contributed by atoms with Crippen LogP contribution >= 0.6 is 12.2 Å². The van der Waals surface area contributed by atoms with Gasteiger partial charge in [-0.05, 0) is 137 Å². The molecule has 11 heteroatoms. The highest BCUT2D eigenvalue weighted by atomic mass is 32.1. The van der Waals surface area contributed by atoms with Crippen LogP contribution in [-0.2, 0) is 76.3 Å². The number of aliphatic hydroxyl groups is 3. The first-order chi connectivity index (χ1) is 35.2. The van der Waals surface area contributed by atoms with Crippen molar-refractivity contribution in [3.05, 3.63) is 103 Å². The van der Waals surface area contributed by atoms with Crippen LogP contribution in [0.2, 0.25) is 0 Å². The Balaban J connectivity index is 3.33. The Morgan fingerprint density at radius 1 is 0.468 bits per heavy atom. The van der Waals surface area contributed by atoms with E-state index in [0.717, 1.165) is 98.9 Å². The summed E-state index contributed by atoms with van der Waals surface area (Å²) >= 11 is 7.31. The number of carbonyl (C=O) groups is 3. The van der Waals surface area contributed by atoms with Crippen molar-refractivity contribution in [3.63, 3.8) is 0 Å². The molecule has 3 aromatic rings. The molecule has 6 N–H and O–H groups in total. The Kier molecular flexibility index (Phi) is 22.6. The van der Waals surface area contributed by atoms with Crippen molar-refractivity contribution in [2.45, 2.75) is 252 Å². The van der Waals surface area contributed by atoms with Crippen molar-refractivity contribution < 1.29 is 49.8 Å². The van der Waals surface area contributed by atoms with Gasteiger partial charge in [-0.2, -0.15) is 0 Å². The normalized spacial score (nSPS) is 13.7. The van der Waals surface area contributed by atoms with Crippen LogP contribution in [0.3, 0.4) is 0 Å².